The van der Waals surface area contributed by atoms with Gasteiger partial charge in [0.25, 0.3) is 5.91 Å². The van der Waals surface area contributed by atoms with Gasteiger partial charge in [0, 0.05) is 44.0 Å². The Hall–Kier alpha value is -1.43. The fraction of sp³-hybridized carbons (Fsp3) is 0.667. The molecule has 5 nitrogen and oxygen atoms in total. The van der Waals surface area contributed by atoms with Crippen LogP contribution in [0.1, 0.15) is 42.5 Å². The number of methoxy groups -OCH3 is 1. The highest BCUT2D eigenvalue weighted by atomic mass is 16.5. The average Bonchev–Trinajstić information content (AvgIpc) is 2.68. The van der Waals surface area contributed by atoms with Crippen molar-refractivity contribution < 1.29 is 9.53 Å². The third-order valence-electron chi connectivity index (χ3n) is 6.16. The first-order chi connectivity index (χ1) is 12.6. The van der Waals surface area contributed by atoms with E-state index in [4.69, 9.17) is 4.74 Å². The number of rotatable bonds is 6. The molecule has 2 saturated heterocycles. The highest BCUT2D eigenvalue weighted by molar-refractivity contribution is 5.94. The Morgan fingerprint density at radius 3 is 2.42 bits per heavy atom. The normalized spacial score (nSPS) is 22.2. The number of nitrogens with zero attached hydrogens (tertiary/aromatic N) is 2. The van der Waals surface area contributed by atoms with E-state index in [0.29, 0.717) is 12.6 Å². The molecule has 1 aromatic carbocycles. The fourth-order valence-electron chi connectivity index (χ4n) is 4.31. The summed E-state index contributed by atoms with van der Waals surface area (Å²) in [6.45, 7) is 5.20. The van der Waals surface area contributed by atoms with Crippen LogP contribution in [0.15, 0.2) is 30.3 Å². The molecule has 0 saturated carbocycles. The van der Waals surface area contributed by atoms with E-state index in [1.54, 1.807) is 7.11 Å². The molecule has 2 heterocycles. The molecule has 0 aromatic heterocycles. The topological polar surface area (TPSA) is 44.8 Å². The van der Waals surface area contributed by atoms with E-state index in [1.165, 1.54) is 25.9 Å². The molecular formula is C21H33N3O2. The van der Waals surface area contributed by atoms with Gasteiger partial charge in [0.2, 0.25) is 0 Å². The van der Waals surface area contributed by atoms with Gasteiger partial charge in [-0.1, -0.05) is 18.2 Å². The lowest BCUT2D eigenvalue weighted by atomic mass is 9.83. The fourth-order valence-corrected chi connectivity index (χ4v) is 4.31. The molecule has 0 unspecified atom stereocenters. The van der Waals surface area contributed by atoms with E-state index in [9.17, 15) is 4.79 Å². The minimum Gasteiger partial charge on any atom is -0.385 e. The molecule has 1 amide bonds. The van der Waals surface area contributed by atoms with Gasteiger partial charge < -0.3 is 19.9 Å². The number of benzene rings is 1. The van der Waals surface area contributed by atoms with Crippen molar-refractivity contribution in [1.29, 1.82) is 0 Å². The number of hydrogen-bond donors (Lipinski definition) is 1. The quantitative estimate of drug-likeness (QED) is 0.847. The summed E-state index contributed by atoms with van der Waals surface area (Å²) >= 11 is 0. The summed E-state index contributed by atoms with van der Waals surface area (Å²) in [5.74, 6) is 0.0365. The van der Waals surface area contributed by atoms with Gasteiger partial charge in [-0.2, -0.15) is 0 Å². The highest BCUT2D eigenvalue weighted by Crippen LogP contribution is 2.29. The van der Waals surface area contributed by atoms with Crippen LogP contribution in [0.25, 0.3) is 0 Å². The van der Waals surface area contributed by atoms with Gasteiger partial charge in [-0.25, -0.2) is 0 Å². The Kier molecular flexibility index (Phi) is 6.68. The van der Waals surface area contributed by atoms with E-state index in [2.05, 4.69) is 22.2 Å². The maximum atomic E-state index is 12.7. The van der Waals surface area contributed by atoms with Gasteiger partial charge >= 0.3 is 0 Å². The lowest BCUT2D eigenvalue weighted by Crippen LogP contribution is -2.58. The summed E-state index contributed by atoms with van der Waals surface area (Å²) in [7, 11) is 3.95. The molecule has 0 aliphatic carbocycles. The molecule has 144 valence electrons. The average molecular weight is 360 g/mol. The molecule has 5 heteroatoms. The van der Waals surface area contributed by atoms with Crippen molar-refractivity contribution in [1.82, 2.24) is 15.1 Å². The molecule has 2 fully saturated rings. The molecule has 0 atom stereocenters. The van der Waals surface area contributed by atoms with E-state index in [1.807, 2.05) is 30.3 Å². The van der Waals surface area contributed by atoms with Crippen molar-refractivity contribution in [2.75, 3.05) is 46.9 Å². The highest BCUT2D eigenvalue weighted by Gasteiger charge is 2.38. The van der Waals surface area contributed by atoms with Crippen LogP contribution < -0.4 is 5.32 Å². The SMILES string of the molecule is COCCC1(NC(=O)c2ccccc2)CCN(C2CCN(C)CC2)CC1. The maximum absolute atomic E-state index is 12.7. The minimum atomic E-state index is -0.148. The first kappa shape index (κ1) is 19.3. The van der Waals surface area contributed by atoms with Crippen LogP contribution >= 0.6 is 0 Å². The number of ether oxygens (including phenoxy) is 1. The molecule has 2 aliphatic heterocycles. The van der Waals surface area contributed by atoms with Crippen molar-refractivity contribution >= 4 is 5.91 Å². The number of nitrogens with one attached hydrogen (secondary N) is 1. The van der Waals surface area contributed by atoms with E-state index >= 15 is 0 Å². The number of likely N-dealkylation sites (tertiary alicyclic amines) is 2. The second kappa shape index (κ2) is 8.98. The van der Waals surface area contributed by atoms with Crippen molar-refractivity contribution in [2.24, 2.45) is 0 Å². The molecule has 1 N–H and O–H groups in total. The van der Waals surface area contributed by atoms with Crippen LogP contribution in [0.2, 0.25) is 0 Å². The number of amides is 1. The van der Waals surface area contributed by atoms with E-state index < -0.39 is 0 Å². The monoisotopic (exact) mass is 359 g/mol. The van der Waals surface area contributed by atoms with Crippen LogP contribution in [-0.4, -0.2) is 74.2 Å². The minimum absolute atomic E-state index is 0.0365. The lowest BCUT2D eigenvalue weighted by Gasteiger charge is -2.46. The predicted octanol–water partition coefficient (Wildman–Crippen LogP) is 2.38. The Balaban J connectivity index is 1.61. The largest absolute Gasteiger partial charge is 0.385 e. The summed E-state index contributed by atoms with van der Waals surface area (Å²) in [5, 5.41) is 3.36. The smallest absolute Gasteiger partial charge is 0.251 e. The van der Waals surface area contributed by atoms with Crippen molar-refractivity contribution in [3.8, 4) is 0 Å². The summed E-state index contributed by atoms with van der Waals surface area (Å²) in [5.41, 5.74) is 0.590. The number of hydrogen-bond acceptors (Lipinski definition) is 4. The number of carbonyl (C=O) groups excluding carboxylic acids is 1. The van der Waals surface area contributed by atoms with E-state index in [-0.39, 0.29) is 11.4 Å². The summed E-state index contributed by atoms with van der Waals surface area (Å²) in [6.07, 6.45) is 5.40. The van der Waals surface area contributed by atoms with Crippen molar-refractivity contribution in [3.63, 3.8) is 0 Å². The maximum Gasteiger partial charge on any atom is 0.251 e. The zero-order valence-corrected chi connectivity index (χ0v) is 16.2. The van der Waals surface area contributed by atoms with Crippen LogP contribution in [0.5, 0.6) is 0 Å². The zero-order chi connectivity index (χ0) is 18.4. The van der Waals surface area contributed by atoms with Gasteiger partial charge in [0.15, 0.2) is 0 Å². The first-order valence-corrected chi connectivity index (χ1v) is 9.91. The summed E-state index contributed by atoms with van der Waals surface area (Å²) in [6, 6.07) is 10.2. The van der Waals surface area contributed by atoms with Gasteiger partial charge in [0.05, 0.1) is 0 Å². The summed E-state index contributed by atoms with van der Waals surface area (Å²) < 4.78 is 5.34. The van der Waals surface area contributed by atoms with Gasteiger partial charge in [-0.15, -0.1) is 0 Å². The van der Waals surface area contributed by atoms with Crippen molar-refractivity contribution in [3.05, 3.63) is 35.9 Å². The second-order valence-corrected chi connectivity index (χ2v) is 7.91. The zero-order valence-electron chi connectivity index (χ0n) is 16.2. The molecule has 0 bridgehead atoms. The third kappa shape index (κ3) is 4.84. The predicted molar refractivity (Wildman–Crippen MR) is 104 cm³/mol. The Morgan fingerprint density at radius 2 is 1.81 bits per heavy atom. The van der Waals surface area contributed by atoms with Crippen molar-refractivity contribution in [2.45, 2.75) is 43.7 Å². The Morgan fingerprint density at radius 1 is 1.15 bits per heavy atom. The Bertz CT molecular complexity index is 562. The number of piperidine rings is 2. The van der Waals surface area contributed by atoms with Crippen LogP contribution in [0.4, 0.5) is 0 Å². The molecule has 26 heavy (non-hydrogen) atoms. The van der Waals surface area contributed by atoms with Crippen LogP contribution in [0, 0.1) is 0 Å². The third-order valence-corrected chi connectivity index (χ3v) is 6.16. The van der Waals surface area contributed by atoms with E-state index in [0.717, 1.165) is 37.9 Å². The van der Waals surface area contributed by atoms with Gasteiger partial charge in [0.1, 0.15) is 0 Å². The van der Waals surface area contributed by atoms with Crippen LogP contribution in [0.3, 0.4) is 0 Å². The summed E-state index contributed by atoms with van der Waals surface area (Å²) in [4.78, 5) is 17.8. The molecule has 0 spiro atoms. The lowest BCUT2D eigenvalue weighted by molar-refractivity contribution is 0.0464. The molecule has 0 radical (unpaired) electrons. The molecule has 3 rings (SSSR count). The first-order valence-electron chi connectivity index (χ1n) is 9.91. The second-order valence-electron chi connectivity index (χ2n) is 7.91. The number of carbonyl (C=O) groups is 1. The Labute approximate surface area is 157 Å². The molecular weight excluding hydrogens is 326 g/mol. The van der Waals surface area contributed by atoms with Gasteiger partial charge in [-0.05, 0) is 64.4 Å². The molecule has 2 aliphatic rings. The van der Waals surface area contributed by atoms with Gasteiger partial charge in [-0.3, -0.25) is 4.79 Å². The van der Waals surface area contributed by atoms with Crippen LogP contribution in [-0.2, 0) is 4.74 Å². The molecule has 1 aromatic rings. The standard InChI is InChI=1S/C21H33N3O2/c1-23-13-8-19(9-14-23)24-15-10-21(11-16-24,12-17-26-2)22-20(25)18-6-4-3-5-7-18/h3-7,19H,8-17H2,1-2H3,(H,22,25).